The maximum absolute atomic E-state index is 6.46. The van der Waals surface area contributed by atoms with Crippen LogP contribution >= 0.6 is 23.2 Å². The number of H-pyrrole nitrogens is 2. The van der Waals surface area contributed by atoms with Crippen LogP contribution in [0, 0.1) is 0 Å². The number of alkyl halides is 2. The Morgan fingerprint density at radius 3 is 1.30 bits per heavy atom. The summed E-state index contributed by atoms with van der Waals surface area (Å²) in [7, 11) is 0. The first-order chi connectivity index (χ1) is 21.1. The molecule has 0 aliphatic carbocycles. The fourth-order valence-electron chi connectivity index (χ4n) is 5.90. The fraction of sp³-hybridized carbons (Fsp3) is 0.0303. The van der Waals surface area contributed by atoms with Gasteiger partial charge in [0.05, 0.1) is 0 Å². The molecule has 0 spiro atoms. The Morgan fingerprint density at radius 1 is 0.432 bits per heavy atom. The van der Waals surface area contributed by atoms with Crippen LogP contribution in [0.1, 0.15) is 10.4 Å². The molecule has 5 heterocycles. The first kappa shape index (κ1) is 27.0. The largest absolute Gasteiger partial charge is 0.324 e. The van der Waals surface area contributed by atoms with Crippen molar-refractivity contribution in [2.45, 2.75) is 4.84 Å². The smallest absolute Gasteiger partial charge is 0.164 e. The second-order valence-corrected chi connectivity index (χ2v) is 11.4. The molecular weight excluding hydrogens is 645 g/mol. The first-order valence-corrected chi connectivity index (χ1v) is 14.5. The van der Waals surface area contributed by atoms with Gasteiger partial charge >= 0.3 is 0 Å². The van der Waals surface area contributed by atoms with Gasteiger partial charge in [-0.2, -0.15) is 0 Å². The Hall–Kier alpha value is -4.56. The molecule has 4 aromatic carbocycles. The summed E-state index contributed by atoms with van der Waals surface area (Å²) >= 11 is 12.9. The number of hydrogen-bond donors (Lipinski definition) is 2. The molecule has 8 bridgehead atoms. The molecule has 0 unspecified atom stereocenters. The van der Waals surface area contributed by atoms with Crippen LogP contribution in [0.3, 0.4) is 0 Å². The van der Waals surface area contributed by atoms with Crippen LogP contribution < -0.4 is 0 Å². The zero-order valence-corrected chi connectivity index (χ0v) is 27.4. The molecule has 0 atom stereocenters. The van der Waals surface area contributed by atoms with Crippen molar-refractivity contribution in [1.82, 2.24) is 39.9 Å². The van der Waals surface area contributed by atoms with Crippen molar-refractivity contribution in [3.8, 4) is 45.6 Å². The van der Waals surface area contributed by atoms with E-state index in [4.69, 9.17) is 53.1 Å². The molecule has 7 aromatic rings. The molecule has 11 heteroatoms. The Morgan fingerprint density at radius 2 is 0.818 bits per heavy atom. The summed E-state index contributed by atoms with van der Waals surface area (Å²) in [4.78, 5) is 36.0. The van der Waals surface area contributed by atoms with E-state index in [9.17, 15) is 0 Å². The minimum Gasteiger partial charge on any atom is -0.324 e. The predicted octanol–water partition coefficient (Wildman–Crippen LogP) is 8.34. The second-order valence-electron chi connectivity index (χ2n) is 10.3. The number of nitrogens with zero attached hydrogens (tertiary/aromatic N) is 6. The van der Waals surface area contributed by atoms with Crippen LogP contribution in [0.4, 0.5) is 0 Å². The molecule has 44 heavy (non-hydrogen) atoms. The van der Waals surface area contributed by atoms with Crippen molar-refractivity contribution in [1.29, 1.82) is 0 Å². The molecule has 206 valence electrons. The molecule has 0 saturated carbocycles. The molecule has 2 aliphatic rings. The Labute approximate surface area is 272 Å². The minimum atomic E-state index is -0.774. The second kappa shape index (κ2) is 10.3. The van der Waals surface area contributed by atoms with Gasteiger partial charge in [0, 0.05) is 63.3 Å². The van der Waals surface area contributed by atoms with E-state index in [2.05, 4.69) is 9.97 Å². The fourth-order valence-corrected chi connectivity index (χ4v) is 6.26. The summed E-state index contributed by atoms with van der Waals surface area (Å²) in [5, 5.41) is 3.45. The van der Waals surface area contributed by atoms with Gasteiger partial charge in [0.15, 0.2) is 23.3 Å². The van der Waals surface area contributed by atoms with E-state index in [1.807, 2.05) is 91.0 Å². The Kier molecular flexibility index (Phi) is 6.31. The van der Waals surface area contributed by atoms with E-state index in [0.29, 0.717) is 45.9 Å². The summed E-state index contributed by atoms with van der Waals surface area (Å²) < 4.78 is 0. The average molecular weight is 663 g/mol. The van der Waals surface area contributed by atoms with E-state index in [0.717, 1.165) is 49.4 Å². The number of halogens is 2. The van der Waals surface area contributed by atoms with Gasteiger partial charge in [-0.25, -0.2) is 29.9 Å². The van der Waals surface area contributed by atoms with Gasteiger partial charge in [0.2, 0.25) is 0 Å². The molecule has 0 saturated heterocycles. The quantitative estimate of drug-likeness (QED) is 0.135. The molecule has 0 radical (unpaired) electrons. The number of hydrogen-bond acceptors (Lipinski definition) is 6. The molecule has 0 fully saturated rings. The summed E-state index contributed by atoms with van der Waals surface area (Å²) in [6.45, 7) is 0. The topological polar surface area (TPSA) is 109 Å². The summed E-state index contributed by atoms with van der Waals surface area (Å²) in [6.07, 6.45) is 0. The van der Waals surface area contributed by atoms with Gasteiger partial charge in [-0.15, -0.1) is 23.2 Å². The summed E-state index contributed by atoms with van der Waals surface area (Å²) in [6, 6.07) is 29.7. The van der Waals surface area contributed by atoms with Crippen molar-refractivity contribution >= 4 is 67.3 Å². The monoisotopic (exact) mass is 660 g/mol. The van der Waals surface area contributed by atoms with Crippen molar-refractivity contribution in [2.75, 3.05) is 0 Å². The predicted molar refractivity (Wildman–Crippen MR) is 171 cm³/mol. The van der Waals surface area contributed by atoms with Crippen LogP contribution in [-0.2, 0) is 19.5 Å². The maximum Gasteiger partial charge on any atom is 0.164 e. The molecule has 2 aliphatic heterocycles. The van der Waals surface area contributed by atoms with E-state index < -0.39 is 4.84 Å². The van der Waals surface area contributed by atoms with E-state index in [-0.39, 0.29) is 19.5 Å². The third kappa shape index (κ3) is 4.08. The number of rotatable bonds is 1. The minimum absolute atomic E-state index is 0. The molecule has 0 amide bonds. The van der Waals surface area contributed by atoms with E-state index in [1.165, 1.54) is 0 Å². The summed E-state index contributed by atoms with van der Waals surface area (Å²) in [5.41, 5.74) is 6.67. The SMILES string of the molecule is ClC(Cl)c1cccc2c3nc4nc(nc5[nH]c(nc6nc(nc([nH]3)c12)-c1ccccc1-6)c1ccccc51)-c1ccccc1-4.[Zn]. The molecule has 8 nitrogen and oxygen atoms in total. The van der Waals surface area contributed by atoms with Crippen LogP contribution in [0.5, 0.6) is 0 Å². The molecule has 3 aromatic heterocycles. The Bertz CT molecular complexity index is 2460. The number of aromatic amines is 2. The van der Waals surface area contributed by atoms with Crippen molar-refractivity contribution in [2.24, 2.45) is 0 Å². The van der Waals surface area contributed by atoms with Crippen LogP contribution in [-0.4, -0.2) is 39.9 Å². The molecule has 2 N–H and O–H groups in total. The van der Waals surface area contributed by atoms with Gasteiger partial charge in [0.1, 0.15) is 27.4 Å². The number of aromatic nitrogens is 8. The van der Waals surface area contributed by atoms with Gasteiger partial charge in [-0.05, 0) is 5.56 Å². The maximum atomic E-state index is 6.46. The van der Waals surface area contributed by atoms with Crippen LogP contribution in [0.15, 0.2) is 91.0 Å². The van der Waals surface area contributed by atoms with Crippen molar-refractivity contribution in [3.63, 3.8) is 0 Å². The average Bonchev–Trinajstić information content (AvgIpc) is 3.76. The summed E-state index contributed by atoms with van der Waals surface area (Å²) in [5.74, 6) is 2.16. The van der Waals surface area contributed by atoms with Crippen molar-refractivity contribution in [3.05, 3.63) is 96.6 Å². The van der Waals surface area contributed by atoms with E-state index in [1.54, 1.807) is 0 Å². The third-order valence-electron chi connectivity index (χ3n) is 7.85. The van der Waals surface area contributed by atoms with Gasteiger partial charge in [-0.3, -0.25) is 0 Å². The molecular formula is C33H18Cl2N8Zn. The zero-order valence-electron chi connectivity index (χ0n) is 22.9. The van der Waals surface area contributed by atoms with E-state index >= 15 is 0 Å². The molecule has 9 rings (SSSR count). The Balaban J connectivity index is 0.00000289. The van der Waals surface area contributed by atoms with Crippen LogP contribution in [0.25, 0.3) is 89.7 Å². The van der Waals surface area contributed by atoms with Crippen molar-refractivity contribution < 1.29 is 19.5 Å². The third-order valence-corrected chi connectivity index (χ3v) is 8.32. The van der Waals surface area contributed by atoms with Crippen LogP contribution in [0.2, 0.25) is 0 Å². The number of benzene rings is 4. The van der Waals surface area contributed by atoms with Gasteiger partial charge in [0.25, 0.3) is 0 Å². The number of nitrogens with one attached hydrogen (secondary N) is 2. The zero-order chi connectivity index (χ0) is 28.7. The van der Waals surface area contributed by atoms with Gasteiger partial charge in [-0.1, -0.05) is 91.0 Å². The first-order valence-electron chi connectivity index (χ1n) is 13.6. The standard InChI is InChI=1S/C33H18Cl2N8.Zn/c34-25(35)22-14-7-15-23-24(22)33-42-31-21-13-6-5-12-20(21)29(40-31)38-27-17-9-2-1-8-16(17)26(36-27)37-28-18-10-3-4-11-19(18)30(39-28)41-32(23)43-33;/h1-15,25H,(H2,36,37,38,39,40,41,42,43);. The normalized spacial score (nSPS) is 11.9. The number of fused-ring (bicyclic) bond motifs is 20. The van der Waals surface area contributed by atoms with Gasteiger partial charge < -0.3 is 9.97 Å².